The first-order chi connectivity index (χ1) is 8.24. The Morgan fingerprint density at radius 1 is 1.33 bits per heavy atom. The number of carbonyl (C=O) groups is 1. The molecule has 0 aromatic heterocycles. The Morgan fingerprint density at radius 2 is 1.94 bits per heavy atom. The van der Waals surface area contributed by atoms with Crippen LogP contribution in [0.5, 0.6) is 0 Å². The van der Waals surface area contributed by atoms with Gasteiger partial charge in [-0.25, -0.2) is 4.39 Å². The van der Waals surface area contributed by atoms with Crippen molar-refractivity contribution in [3.63, 3.8) is 0 Å². The Labute approximate surface area is 100 Å². The molecule has 1 saturated carbocycles. The van der Waals surface area contributed by atoms with Crippen molar-refractivity contribution in [3.8, 4) is 0 Å². The fourth-order valence-electron chi connectivity index (χ4n) is 1.91. The van der Waals surface area contributed by atoms with Gasteiger partial charge in [0.05, 0.1) is 11.0 Å². The maximum atomic E-state index is 13.0. The van der Waals surface area contributed by atoms with Crippen LogP contribution in [0.3, 0.4) is 0 Å². The molecule has 0 amide bonds. The summed E-state index contributed by atoms with van der Waals surface area (Å²) in [6.45, 7) is 0. The van der Waals surface area contributed by atoms with Crippen LogP contribution in [-0.4, -0.2) is 11.1 Å². The number of rotatable bonds is 3. The van der Waals surface area contributed by atoms with E-state index < -0.39 is 28.9 Å². The summed E-state index contributed by atoms with van der Waals surface area (Å²) >= 11 is 0. The quantitative estimate of drug-likeness (QED) is 0.849. The predicted molar refractivity (Wildman–Crippen MR) is 54.4 cm³/mol. The molecule has 1 aliphatic rings. The van der Waals surface area contributed by atoms with E-state index >= 15 is 0 Å². The van der Waals surface area contributed by atoms with Crippen LogP contribution in [0.15, 0.2) is 18.2 Å². The average Bonchev–Trinajstić information content (AvgIpc) is 3.00. The van der Waals surface area contributed by atoms with Gasteiger partial charge in [-0.05, 0) is 37.0 Å². The third kappa shape index (κ3) is 2.32. The van der Waals surface area contributed by atoms with E-state index in [0.29, 0.717) is 18.9 Å². The SMILES string of the molecule is O=C(O)C1(Cc2ccc(F)c(C(F)(F)F)c2)CC1. The molecule has 2 rings (SSSR count). The number of carboxylic acids is 1. The van der Waals surface area contributed by atoms with Crippen molar-refractivity contribution in [1.29, 1.82) is 0 Å². The number of hydrogen-bond donors (Lipinski definition) is 1. The smallest absolute Gasteiger partial charge is 0.419 e. The molecule has 1 aromatic carbocycles. The van der Waals surface area contributed by atoms with Gasteiger partial charge in [0, 0.05) is 0 Å². The van der Waals surface area contributed by atoms with Gasteiger partial charge in [-0.3, -0.25) is 4.79 Å². The van der Waals surface area contributed by atoms with Crippen LogP contribution in [0, 0.1) is 11.2 Å². The normalized spacial score (nSPS) is 17.6. The molecule has 0 heterocycles. The number of benzene rings is 1. The van der Waals surface area contributed by atoms with Crippen molar-refractivity contribution in [2.24, 2.45) is 5.41 Å². The van der Waals surface area contributed by atoms with Crippen molar-refractivity contribution in [2.45, 2.75) is 25.4 Å². The second-order valence-corrected chi connectivity index (χ2v) is 4.57. The molecular weight excluding hydrogens is 252 g/mol. The molecule has 0 unspecified atom stereocenters. The van der Waals surface area contributed by atoms with E-state index in [1.807, 2.05) is 0 Å². The largest absolute Gasteiger partial charge is 0.481 e. The van der Waals surface area contributed by atoms with Crippen molar-refractivity contribution in [1.82, 2.24) is 0 Å². The maximum Gasteiger partial charge on any atom is 0.419 e. The van der Waals surface area contributed by atoms with Gasteiger partial charge in [0.1, 0.15) is 5.82 Å². The van der Waals surface area contributed by atoms with Crippen molar-refractivity contribution in [3.05, 3.63) is 35.1 Å². The molecular formula is C12H10F4O2. The first-order valence-corrected chi connectivity index (χ1v) is 5.34. The Morgan fingerprint density at radius 3 is 2.39 bits per heavy atom. The minimum Gasteiger partial charge on any atom is -0.481 e. The molecule has 0 aliphatic heterocycles. The summed E-state index contributed by atoms with van der Waals surface area (Å²) in [6.07, 6.45) is -3.87. The Bertz CT molecular complexity index is 489. The lowest BCUT2D eigenvalue weighted by molar-refractivity contribution is -0.143. The highest BCUT2D eigenvalue weighted by molar-refractivity contribution is 5.78. The molecule has 98 valence electrons. The Balaban J connectivity index is 2.28. The van der Waals surface area contributed by atoms with Gasteiger partial charge in [0.25, 0.3) is 0 Å². The van der Waals surface area contributed by atoms with Crippen LogP contribution < -0.4 is 0 Å². The van der Waals surface area contributed by atoms with Crippen LogP contribution in [-0.2, 0) is 17.4 Å². The first-order valence-electron chi connectivity index (χ1n) is 5.34. The molecule has 6 heteroatoms. The summed E-state index contributed by atoms with van der Waals surface area (Å²) in [5, 5.41) is 8.95. The van der Waals surface area contributed by atoms with Gasteiger partial charge < -0.3 is 5.11 Å². The molecule has 1 fully saturated rings. The van der Waals surface area contributed by atoms with E-state index in [1.54, 1.807) is 0 Å². The molecule has 0 atom stereocenters. The fraction of sp³-hybridized carbons (Fsp3) is 0.417. The topological polar surface area (TPSA) is 37.3 Å². The molecule has 2 nitrogen and oxygen atoms in total. The van der Waals surface area contributed by atoms with Crippen LogP contribution in [0.25, 0.3) is 0 Å². The van der Waals surface area contributed by atoms with Gasteiger partial charge in [-0.15, -0.1) is 0 Å². The monoisotopic (exact) mass is 262 g/mol. The molecule has 1 aliphatic carbocycles. The van der Waals surface area contributed by atoms with Crippen LogP contribution in [0.4, 0.5) is 17.6 Å². The van der Waals surface area contributed by atoms with Crippen molar-refractivity contribution in [2.75, 3.05) is 0 Å². The highest BCUT2D eigenvalue weighted by Gasteiger charge is 2.50. The molecule has 0 radical (unpaired) electrons. The summed E-state index contributed by atoms with van der Waals surface area (Å²) < 4.78 is 50.5. The van der Waals surface area contributed by atoms with E-state index in [-0.39, 0.29) is 12.0 Å². The zero-order valence-corrected chi connectivity index (χ0v) is 9.22. The second-order valence-electron chi connectivity index (χ2n) is 4.57. The fourth-order valence-corrected chi connectivity index (χ4v) is 1.91. The second kappa shape index (κ2) is 3.96. The third-order valence-corrected chi connectivity index (χ3v) is 3.19. The van der Waals surface area contributed by atoms with Gasteiger partial charge in [0.2, 0.25) is 0 Å². The van der Waals surface area contributed by atoms with E-state index in [0.717, 1.165) is 6.07 Å². The number of halogens is 4. The molecule has 0 saturated heterocycles. The summed E-state index contributed by atoms with van der Waals surface area (Å²) in [7, 11) is 0. The zero-order chi connectivity index (χ0) is 13.6. The van der Waals surface area contributed by atoms with Gasteiger partial charge in [0.15, 0.2) is 0 Å². The predicted octanol–water partition coefficient (Wildman–Crippen LogP) is 3.25. The number of alkyl halides is 3. The van der Waals surface area contributed by atoms with Crippen molar-refractivity contribution >= 4 is 5.97 Å². The molecule has 1 aromatic rings. The number of carboxylic acid groups (broad SMARTS) is 1. The van der Waals surface area contributed by atoms with E-state index in [2.05, 4.69) is 0 Å². The lowest BCUT2D eigenvalue weighted by Crippen LogP contribution is -2.18. The highest BCUT2D eigenvalue weighted by atomic mass is 19.4. The van der Waals surface area contributed by atoms with Crippen LogP contribution >= 0.6 is 0 Å². The lowest BCUT2D eigenvalue weighted by Gasteiger charge is -2.13. The van der Waals surface area contributed by atoms with Gasteiger partial charge >= 0.3 is 12.1 Å². The molecule has 1 N–H and O–H groups in total. The minimum absolute atomic E-state index is 0.00565. The maximum absolute atomic E-state index is 13.0. The molecule has 18 heavy (non-hydrogen) atoms. The molecule has 0 bridgehead atoms. The van der Waals surface area contributed by atoms with Gasteiger partial charge in [-0.2, -0.15) is 13.2 Å². The zero-order valence-electron chi connectivity index (χ0n) is 9.22. The minimum atomic E-state index is -4.76. The van der Waals surface area contributed by atoms with Crippen LogP contribution in [0.1, 0.15) is 24.0 Å². The lowest BCUT2D eigenvalue weighted by atomic mass is 9.95. The summed E-state index contributed by atoms with van der Waals surface area (Å²) in [6, 6.07) is 2.63. The van der Waals surface area contributed by atoms with E-state index in [4.69, 9.17) is 5.11 Å². The average molecular weight is 262 g/mol. The Kier molecular flexibility index (Phi) is 2.83. The standard InChI is InChI=1S/C12H10F4O2/c13-9-2-1-7(5-8(9)12(14,15)16)6-11(3-4-11)10(17)18/h1-2,5H,3-4,6H2,(H,17,18). The highest BCUT2D eigenvalue weighted by Crippen LogP contribution is 2.49. The molecule has 0 spiro atoms. The number of hydrogen-bond acceptors (Lipinski definition) is 1. The van der Waals surface area contributed by atoms with E-state index in [9.17, 15) is 22.4 Å². The van der Waals surface area contributed by atoms with Gasteiger partial charge in [-0.1, -0.05) is 6.07 Å². The first kappa shape index (κ1) is 12.9. The number of aliphatic carboxylic acids is 1. The van der Waals surface area contributed by atoms with E-state index in [1.165, 1.54) is 6.07 Å². The Hall–Kier alpha value is -1.59. The summed E-state index contributed by atoms with van der Waals surface area (Å²) in [4.78, 5) is 10.9. The summed E-state index contributed by atoms with van der Waals surface area (Å²) in [5.74, 6) is -2.35. The van der Waals surface area contributed by atoms with Crippen molar-refractivity contribution < 1.29 is 27.5 Å². The van der Waals surface area contributed by atoms with Crippen LogP contribution in [0.2, 0.25) is 0 Å². The summed E-state index contributed by atoms with van der Waals surface area (Å²) in [5.41, 5.74) is -2.11. The third-order valence-electron chi connectivity index (χ3n) is 3.19.